The zero-order valence-corrected chi connectivity index (χ0v) is 15.8. The summed E-state index contributed by atoms with van der Waals surface area (Å²) >= 11 is 0. The lowest BCUT2D eigenvalue weighted by atomic mass is 10.0. The Balaban J connectivity index is 1.69. The minimum absolute atomic E-state index is 0.00478. The maximum atomic E-state index is 10.9. The van der Waals surface area contributed by atoms with E-state index in [1.165, 1.54) is 5.56 Å². The number of hydrogen-bond donors (Lipinski definition) is 1. The summed E-state index contributed by atoms with van der Waals surface area (Å²) in [4.78, 5) is 10.9. The molecule has 0 radical (unpaired) electrons. The first-order valence-electron chi connectivity index (χ1n) is 8.99. The molecule has 0 amide bonds. The van der Waals surface area contributed by atoms with Crippen LogP contribution in [0.15, 0.2) is 54.7 Å². The van der Waals surface area contributed by atoms with Crippen LogP contribution >= 0.6 is 0 Å². The van der Waals surface area contributed by atoms with Crippen molar-refractivity contribution < 1.29 is 14.6 Å². The quantitative estimate of drug-likeness (QED) is 0.679. The molecule has 0 fully saturated rings. The van der Waals surface area contributed by atoms with Gasteiger partial charge in [0.15, 0.2) is 0 Å². The molecule has 0 aliphatic carbocycles. The molecule has 0 aliphatic rings. The highest BCUT2D eigenvalue weighted by Crippen LogP contribution is 2.23. The fourth-order valence-corrected chi connectivity index (χ4v) is 3.02. The number of carbonyl (C=O) groups is 1. The zero-order chi connectivity index (χ0) is 19.4. The van der Waals surface area contributed by atoms with Gasteiger partial charge in [-0.15, -0.1) is 0 Å². The van der Waals surface area contributed by atoms with Crippen LogP contribution in [0.3, 0.4) is 0 Å². The molecule has 5 heteroatoms. The maximum absolute atomic E-state index is 10.9. The number of aryl methyl sites for hydroxylation is 2. The minimum Gasteiger partial charge on any atom is -0.493 e. The molecule has 0 saturated carbocycles. The van der Waals surface area contributed by atoms with Gasteiger partial charge in [0.2, 0.25) is 0 Å². The molecule has 3 rings (SSSR count). The lowest BCUT2D eigenvalue weighted by Gasteiger charge is -2.13. The highest BCUT2D eigenvalue weighted by molar-refractivity contribution is 5.70. The van der Waals surface area contributed by atoms with E-state index in [0.717, 1.165) is 22.5 Å². The monoisotopic (exact) mass is 364 g/mol. The second kappa shape index (κ2) is 8.08. The van der Waals surface area contributed by atoms with E-state index in [1.54, 1.807) is 12.1 Å². The first-order valence-corrected chi connectivity index (χ1v) is 8.99. The van der Waals surface area contributed by atoms with Crippen LogP contribution in [0.1, 0.15) is 35.2 Å². The maximum Gasteiger partial charge on any atom is 0.307 e. The molecule has 27 heavy (non-hydrogen) atoms. The molecule has 1 unspecified atom stereocenters. The van der Waals surface area contributed by atoms with Gasteiger partial charge in [0, 0.05) is 12.1 Å². The first kappa shape index (κ1) is 18.7. The largest absolute Gasteiger partial charge is 0.493 e. The van der Waals surface area contributed by atoms with E-state index in [4.69, 9.17) is 9.84 Å². The van der Waals surface area contributed by atoms with Crippen LogP contribution in [0.5, 0.6) is 5.75 Å². The number of benzene rings is 2. The van der Waals surface area contributed by atoms with Gasteiger partial charge in [-0.1, -0.05) is 36.8 Å². The van der Waals surface area contributed by atoms with Crippen LogP contribution in [-0.2, 0) is 11.2 Å². The van der Waals surface area contributed by atoms with Crippen LogP contribution in [0, 0.1) is 13.8 Å². The van der Waals surface area contributed by atoms with E-state index in [1.807, 2.05) is 23.7 Å². The molecule has 5 nitrogen and oxygen atoms in total. The molecule has 0 spiro atoms. The Bertz CT molecular complexity index is 929. The first-order chi connectivity index (χ1) is 12.9. The summed E-state index contributed by atoms with van der Waals surface area (Å²) in [5.41, 5.74) is 5.10. The zero-order valence-electron chi connectivity index (χ0n) is 15.8. The Morgan fingerprint density at radius 1 is 1.19 bits per heavy atom. The van der Waals surface area contributed by atoms with Crippen molar-refractivity contribution in [1.29, 1.82) is 0 Å². The number of ether oxygens (including phenoxy) is 1. The van der Waals surface area contributed by atoms with Crippen LogP contribution in [0.4, 0.5) is 0 Å². The highest BCUT2D eigenvalue weighted by Gasteiger charge is 2.14. The van der Waals surface area contributed by atoms with Crippen molar-refractivity contribution >= 4 is 5.97 Å². The molecule has 0 saturated heterocycles. The van der Waals surface area contributed by atoms with Gasteiger partial charge >= 0.3 is 5.97 Å². The second-order valence-corrected chi connectivity index (χ2v) is 6.88. The average molecular weight is 364 g/mol. The number of aliphatic carboxylic acids is 1. The molecule has 1 atom stereocenters. The lowest BCUT2D eigenvalue weighted by molar-refractivity contribution is -0.136. The molecule has 2 aromatic carbocycles. The molecule has 140 valence electrons. The van der Waals surface area contributed by atoms with Crippen molar-refractivity contribution in [3.63, 3.8) is 0 Å². The number of hydrogen-bond acceptors (Lipinski definition) is 3. The Kier molecular flexibility index (Phi) is 5.60. The van der Waals surface area contributed by atoms with Gasteiger partial charge in [0.25, 0.3) is 0 Å². The van der Waals surface area contributed by atoms with Crippen molar-refractivity contribution in [1.82, 2.24) is 9.78 Å². The Morgan fingerprint density at radius 2 is 1.93 bits per heavy atom. The number of nitrogens with zero attached hydrogens (tertiary/aromatic N) is 2. The second-order valence-electron chi connectivity index (χ2n) is 6.88. The van der Waals surface area contributed by atoms with E-state index < -0.39 is 5.97 Å². The molecule has 3 aromatic rings. The Morgan fingerprint density at radius 3 is 2.63 bits per heavy atom. The smallest absolute Gasteiger partial charge is 0.307 e. The molecule has 1 aromatic heterocycles. The summed E-state index contributed by atoms with van der Waals surface area (Å²) < 4.78 is 7.80. The third kappa shape index (κ3) is 4.76. The lowest BCUT2D eigenvalue weighted by Crippen LogP contribution is -2.08. The van der Waals surface area contributed by atoms with Crippen molar-refractivity contribution in [2.45, 2.75) is 33.1 Å². The van der Waals surface area contributed by atoms with Gasteiger partial charge in [-0.2, -0.15) is 5.10 Å². The molecular formula is C22H24N2O3. The van der Waals surface area contributed by atoms with Crippen molar-refractivity contribution in [3.05, 3.63) is 77.1 Å². The Labute approximate surface area is 159 Å². The van der Waals surface area contributed by atoms with E-state index in [2.05, 4.69) is 49.4 Å². The van der Waals surface area contributed by atoms with Gasteiger partial charge in [0.1, 0.15) is 5.75 Å². The van der Waals surface area contributed by atoms with Crippen LogP contribution in [0.25, 0.3) is 5.69 Å². The van der Waals surface area contributed by atoms with Crippen molar-refractivity contribution in [2.75, 3.05) is 6.61 Å². The molecular weight excluding hydrogens is 340 g/mol. The summed E-state index contributed by atoms with van der Waals surface area (Å²) in [5, 5.41) is 13.5. The number of carboxylic acids is 1. The molecule has 1 N–H and O–H groups in total. The van der Waals surface area contributed by atoms with E-state index in [9.17, 15) is 4.79 Å². The summed E-state index contributed by atoms with van der Waals surface area (Å²) in [5.74, 6) is -0.00355. The molecule has 0 aliphatic heterocycles. The summed E-state index contributed by atoms with van der Waals surface area (Å²) in [6.45, 7) is 6.67. The standard InChI is InChI=1S/C22H24N2O3/c1-15-7-9-19(10-8-15)24-13-21(17(3)23-24)16(2)14-27-20-6-4-5-18(11-20)12-22(25)26/h4-11,13,16H,12,14H2,1-3H3,(H,25,26). The SMILES string of the molecule is Cc1ccc(-n2cc(C(C)COc3cccc(CC(=O)O)c3)c(C)n2)cc1. The summed E-state index contributed by atoms with van der Waals surface area (Å²) in [6, 6.07) is 15.5. The van der Waals surface area contributed by atoms with Crippen LogP contribution in [-0.4, -0.2) is 27.5 Å². The summed E-state index contributed by atoms with van der Waals surface area (Å²) in [7, 11) is 0. The predicted octanol–water partition coefficient (Wildman–Crippen LogP) is 4.30. The van der Waals surface area contributed by atoms with Crippen molar-refractivity contribution in [3.8, 4) is 11.4 Å². The minimum atomic E-state index is -0.848. The predicted molar refractivity (Wildman–Crippen MR) is 105 cm³/mol. The van der Waals surface area contributed by atoms with Crippen LogP contribution in [0.2, 0.25) is 0 Å². The van der Waals surface area contributed by atoms with Gasteiger partial charge in [0.05, 0.1) is 24.4 Å². The van der Waals surface area contributed by atoms with Crippen LogP contribution < -0.4 is 4.74 Å². The fourth-order valence-electron chi connectivity index (χ4n) is 3.02. The Hall–Kier alpha value is -3.08. The average Bonchev–Trinajstić information content (AvgIpc) is 3.02. The number of rotatable bonds is 7. The topological polar surface area (TPSA) is 64.3 Å². The third-order valence-corrected chi connectivity index (χ3v) is 4.52. The van der Waals surface area contributed by atoms with E-state index in [-0.39, 0.29) is 12.3 Å². The van der Waals surface area contributed by atoms with Gasteiger partial charge in [-0.3, -0.25) is 4.79 Å². The van der Waals surface area contributed by atoms with Crippen molar-refractivity contribution in [2.24, 2.45) is 0 Å². The van der Waals surface area contributed by atoms with Gasteiger partial charge < -0.3 is 9.84 Å². The van der Waals surface area contributed by atoms with E-state index >= 15 is 0 Å². The van der Waals surface area contributed by atoms with Gasteiger partial charge in [-0.25, -0.2) is 4.68 Å². The number of carboxylic acid groups (broad SMARTS) is 1. The molecule has 0 bridgehead atoms. The molecule has 1 heterocycles. The third-order valence-electron chi connectivity index (χ3n) is 4.52. The number of aromatic nitrogens is 2. The fraction of sp³-hybridized carbons (Fsp3) is 0.273. The van der Waals surface area contributed by atoms with Gasteiger partial charge in [-0.05, 0) is 49.2 Å². The normalized spacial score (nSPS) is 12.0. The summed E-state index contributed by atoms with van der Waals surface area (Å²) in [6.07, 6.45) is 2.05. The van der Waals surface area contributed by atoms with E-state index in [0.29, 0.717) is 12.4 Å². The highest BCUT2D eigenvalue weighted by atomic mass is 16.5.